The van der Waals surface area contributed by atoms with Crippen LogP contribution in [0.5, 0.6) is 0 Å². The molecular formula is C21H15F3N4OS. The summed E-state index contributed by atoms with van der Waals surface area (Å²) in [6, 6.07) is 12.8. The predicted octanol–water partition coefficient (Wildman–Crippen LogP) is 5.28. The summed E-state index contributed by atoms with van der Waals surface area (Å²) in [5, 5.41) is 8.00. The highest BCUT2D eigenvalue weighted by Gasteiger charge is 2.35. The second-order valence-electron chi connectivity index (χ2n) is 7.15. The van der Waals surface area contributed by atoms with Gasteiger partial charge in [-0.15, -0.1) is 0 Å². The highest BCUT2D eigenvalue weighted by Crippen LogP contribution is 2.42. The van der Waals surface area contributed by atoms with Gasteiger partial charge in [0.25, 0.3) is 0 Å². The van der Waals surface area contributed by atoms with Crippen molar-refractivity contribution in [2.75, 3.05) is 5.32 Å². The Kier molecular flexibility index (Phi) is 4.18. The molecule has 30 heavy (non-hydrogen) atoms. The van der Waals surface area contributed by atoms with E-state index in [4.69, 9.17) is 0 Å². The summed E-state index contributed by atoms with van der Waals surface area (Å²) in [4.78, 5) is 17.1. The molecule has 1 unspecified atom stereocenters. The van der Waals surface area contributed by atoms with Crippen LogP contribution in [0.4, 0.5) is 19.0 Å². The number of aromatic nitrogens is 3. The van der Waals surface area contributed by atoms with E-state index in [9.17, 15) is 18.0 Å². The zero-order chi connectivity index (χ0) is 21.0. The number of anilines is 1. The van der Waals surface area contributed by atoms with Gasteiger partial charge in [0, 0.05) is 17.9 Å². The van der Waals surface area contributed by atoms with Crippen LogP contribution in [0.3, 0.4) is 0 Å². The lowest BCUT2D eigenvalue weighted by atomic mass is 9.85. The molecule has 4 aromatic rings. The Morgan fingerprint density at radius 3 is 2.73 bits per heavy atom. The third-order valence-corrected chi connectivity index (χ3v) is 6.19. The van der Waals surface area contributed by atoms with Crippen LogP contribution in [0.2, 0.25) is 0 Å². The highest BCUT2D eigenvalue weighted by atomic mass is 32.1. The fraction of sp³-hybridized carbons (Fsp3) is 0.190. The van der Waals surface area contributed by atoms with Crippen LogP contribution in [-0.4, -0.2) is 20.7 Å². The van der Waals surface area contributed by atoms with Crippen molar-refractivity contribution in [3.05, 3.63) is 70.9 Å². The van der Waals surface area contributed by atoms with Crippen LogP contribution < -0.4 is 5.32 Å². The lowest BCUT2D eigenvalue weighted by Crippen LogP contribution is -2.25. The van der Waals surface area contributed by atoms with Gasteiger partial charge >= 0.3 is 6.18 Å². The van der Waals surface area contributed by atoms with Crippen LogP contribution in [0.15, 0.2) is 48.5 Å². The largest absolute Gasteiger partial charge is 0.416 e. The first kappa shape index (κ1) is 18.8. The third-order valence-electron chi connectivity index (χ3n) is 5.18. The Bertz CT molecular complexity index is 1260. The number of amides is 1. The van der Waals surface area contributed by atoms with Crippen LogP contribution >= 0.6 is 11.3 Å². The zero-order valence-electron chi connectivity index (χ0n) is 15.7. The Labute approximate surface area is 173 Å². The molecular weight excluding hydrogens is 413 g/mol. The molecule has 2 aromatic heterocycles. The first-order chi connectivity index (χ1) is 14.3. The van der Waals surface area contributed by atoms with Gasteiger partial charge in [-0.25, -0.2) is 4.98 Å². The molecule has 5 nitrogen and oxygen atoms in total. The summed E-state index contributed by atoms with van der Waals surface area (Å²) < 4.78 is 42.2. The van der Waals surface area contributed by atoms with Crippen LogP contribution in [0, 0.1) is 6.92 Å². The molecule has 0 bridgehead atoms. The van der Waals surface area contributed by atoms with E-state index in [0.29, 0.717) is 27.8 Å². The molecule has 0 spiro atoms. The van der Waals surface area contributed by atoms with E-state index < -0.39 is 17.7 Å². The molecule has 5 rings (SSSR count). The number of fused-ring (bicyclic) bond motifs is 2. The molecule has 1 atom stereocenters. The van der Waals surface area contributed by atoms with Gasteiger partial charge in [0.15, 0.2) is 0 Å². The lowest BCUT2D eigenvalue weighted by Gasteiger charge is -2.24. The fourth-order valence-corrected chi connectivity index (χ4v) is 4.78. The number of thiazole rings is 1. The SMILES string of the molecule is Cc1nn(-c2nc3ccccc3s2)c2c1C(c1cccc(C(F)(F)F)c1)CC(=O)N2. The quantitative estimate of drug-likeness (QED) is 0.472. The first-order valence-corrected chi connectivity index (χ1v) is 10.1. The number of rotatable bonds is 2. The molecule has 9 heteroatoms. The summed E-state index contributed by atoms with van der Waals surface area (Å²) in [5.41, 5.74) is 1.88. The summed E-state index contributed by atoms with van der Waals surface area (Å²) in [6.07, 6.45) is -4.39. The number of hydrogen-bond acceptors (Lipinski definition) is 4. The van der Waals surface area contributed by atoms with Crippen LogP contribution in [0.1, 0.15) is 34.7 Å². The smallest absolute Gasteiger partial charge is 0.310 e. The van der Waals surface area contributed by atoms with Crippen LogP contribution in [-0.2, 0) is 11.0 Å². The van der Waals surface area contributed by atoms with Crippen molar-refractivity contribution in [1.82, 2.24) is 14.8 Å². The van der Waals surface area contributed by atoms with Gasteiger partial charge in [-0.1, -0.05) is 41.7 Å². The highest BCUT2D eigenvalue weighted by molar-refractivity contribution is 7.20. The molecule has 3 heterocycles. The molecule has 0 fully saturated rings. The standard InChI is InChI=1S/C21H15F3N4OS/c1-11-18-14(12-5-4-6-13(9-12)21(22,23)24)10-17(29)26-19(18)28(27-11)20-25-15-7-2-3-8-16(15)30-20/h2-9,14H,10H2,1H3,(H,26,29). The molecule has 1 N–H and O–H groups in total. The first-order valence-electron chi connectivity index (χ1n) is 9.24. The monoisotopic (exact) mass is 428 g/mol. The second-order valence-corrected chi connectivity index (χ2v) is 8.16. The predicted molar refractivity (Wildman–Crippen MR) is 108 cm³/mol. The van der Waals surface area contributed by atoms with Gasteiger partial charge < -0.3 is 5.32 Å². The number of aryl methyl sites for hydroxylation is 1. The number of carbonyl (C=O) groups excluding carboxylic acids is 1. The zero-order valence-corrected chi connectivity index (χ0v) is 16.5. The molecule has 0 saturated carbocycles. The van der Waals surface area contributed by atoms with Gasteiger partial charge in [-0.05, 0) is 30.7 Å². The number of halogens is 3. The summed E-state index contributed by atoms with van der Waals surface area (Å²) >= 11 is 1.43. The minimum atomic E-state index is -4.45. The summed E-state index contributed by atoms with van der Waals surface area (Å²) in [6.45, 7) is 1.79. The van der Waals surface area contributed by atoms with Crippen molar-refractivity contribution in [2.24, 2.45) is 0 Å². The van der Waals surface area contributed by atoms with Gasteiger partial charge in [-0.2, -0.15) is 23.0 Å². The van der Waals surface area contributed by atoms with E-state index in [0.717, 1.165) is 22.3 Å². The number of alkyl halides is 3. The second kappa shape index (κ2) is 6.66. The summed E-state index contributed by atoms with van der Waals surface area (Å²) in [5.74, 6) is -0.323. The number of benzene rings is 2. The normalized spacial score (nSPS) is 16.5. The maximum absolute atomic E-state index is 13.2. The van der Waals surface area contributed by atoms with Gasteiger partial charge in [0.2, 0.25) is 11.0 Å². The molecule has 1 aliphatic heterocycles. The minimum absolute atomic E-state index is 0.0562. The van der Waals surface area contributed by atoms with Gasteiger partial charge in [-0.3, -0.25) is 4.79 Å². The number of nitrogens with zero attached hydrogens (tertiary/aromatic N) is 3. The Morgan fingerprint density at radius 1 is 1.17 bits per heavy atom. The number of para-hydroxylation sites is 1. The van der Waals surface area contributed by atoms with E-state index >= 15 is 0 Å². The average Bonchev–Trinajstić information content (AvgIpc) is 3.28. The van der Waals surface area contributed by atoms with E-state index in [-0.39, 0.29) is 12.3 Å². The van der Waals surface area contributed by atoms with E-state index in [2.05, 4.69) is 15.4 Å². The van der Waals surface area contributed by atoms with E-state index in [1.807, 2.05) is 24.3 Å². The number of hydrogen-bond donors (Lipinski definition) is 1. The summed E-state index contributed by atoms with van der Waals surface area (Å²) in [7, 11) is 0. The van der Waals surface area contributed by atoms with Crippen molar-refractivity contribution in [3.63, 3.8) is 0 Å². The molecule has 1 amide bonds. The van der Waals surface area contributed by atoms with E-state index in [1.54, 1.807) is 17.7 Å². The van der Waals surface area contributed by atoms with E-state index in [1.165, 1.54) is 17.4 Å². The Hall–Kier alpha value is -3.20. The van der Waals surface area contributed by atoms with Gasteiger partial charge in [0.05, 0.1) is 21.5 Å². The topological polar surface area (TPSA) is 59.8 Å². The van der Waals surface area contributed by atoms with Crippen LogP contribution in [0.25, 0.3) is 15.3 Å². The van der Waals surface area contributed by atoms with Crippen molar-refractivity contribution < 1.29 is 18.0 Å². The average molecular weight is 428 g/mol. The maximum Gasteiger partial charge on any atom is 0.416 e. The molecule has 0 radical (unpaired) electrons. The van der Waals surface area contributed by atoms with Crippen molar-refractivity contribution >= 4 is 33.3 Å². The molecule has 0 aliphatic carbocycles. The molecule has 152 valence electrons. The lowest BCUT2D eigenvalue weighted by molar-refractivity contribution is -0.137. The Balaban J connectivity index is 1.65. The molecule has 0 saturated heterocycles. The van der Waals surface area contributed by atoms with Gasteiger partial charge in [0.1, 0.15) is 5.82 Å². The van der Waals surface area contributed by atoms with Crippen molar-refractivity contribution in [2.45, 2.75) is 25.4 Å². The minimum Gasteiger partial charge on any atom is -0.310 e. The van der Waals surface area contributed by atoms with Crippen molar-refractivity contribution in [3.8, 4) is 5.13 Å². The number of carbonyl (C=O) groups is 1. The number of nitrogens with one attached hydrogen (secondary N) is 1. The Morgan fingerprint density at radius 2 is 1.97 bits per heavy atom. The molecule has 2 aromatic carbocycles. The maximum atomic E-state index is 13.2. The molecule has 1 aliphatic rings. The van der Waals surface area contributed by atoms with Crippen molar-refractivity contribution in [1.29, 1.82) is 0 Å². The third kappa shape index (κ3) is 3.06. The fourth-order valence-electron chi connectivity index (χ4n) is 3.85.